The first kappa shape index (κ1) is 24.6. The van der Waals surface area contributed by atoms with E-state index < -0.39 is 17.4 Å². The maximum absolute atomic E-state index is 16.2. The topological polar surface area (TPSA) is 73.8 Å². The van der Waals surface area contributed by atoms with Crippen LogP contribution in [0.3, 0.4) is 0 Å². The van der Waals surface area contributed by atoms with Gasteiger partial charge in [-0.25, -0.2) is 8.78 Å². The van der Waals surface area contributed by atoms with E-state index in [0.717, 1.165) is 24.6 Å². The Labute approximate surface area is 223 Å². The summed E-state index contributed by atoms with van der Waals surface area (Å²) in [6, 6.07) is 13.2. The summed E-state index contributed by atoms with van der Waals surface area (Å²) in [4.78, 5) is 13.2. The van der Waals surface area contributed by atoms with E-state index in [1.807, 2.05) is 31.1 Å². The van der Waals surface area contributed by atoms with Crippen molar-refractivity contribution < 1.29 is 18.6 Å². The first-order valence-electron chi connectivity index (χ1n) is 12.4. The van der Waals surface area contributed by atoms with Crippen LogP contribution >= 0.6 is 11.6 Å². The quantitative estimate of drug-likeness (QED) is 0.336. The van der Waals surface area contributed by atoms with Crippen LogP contribution in [0, 0.1) is 11.6 Å². The smallest absolute Gasteiger partial charge is 0.324 e. The molecule has 2 aliphatic rings. The number of phenolic OH excluding ortho intramolecular Hbond substituents is 1. The summed E-state index contributed by atoms with van der Waals surface area (Å²) in [7, 11) is 3.88. The van der Waals surface area contributed by atoms with Crippen molar-refractivity contribution >= 4 is 34.0 Å². The molecule has 0 spiro atoms. The Hall–Kier alpha value is -3.69. The standard InChI is InChI=1S/C28H26ClF2N5O2/c1-35(2)17-8-10-18(11-9-17)38-28-33-26-19(27(34-28)36-13-15-6-7-16(14-36)32-15)12-20(29)23(25(26)31)24-21(30)4-3-5-22(24)37/h3-5,8-12,15-16,32,37H,6-7,13-14H2,1-2H3/t15-,16+. The number of anilines is 2. The predicted molar refractivity (Wildman–Crippen MR) is 145 cm³/mol. The highest BCUT2D eigenvalue weighted by Gasteiger charge is 2.34. The van der Waals surface area contributed by atoms with Gasteiger partial charge < -0.3 is 25.0 Å². The lowest BCUT2D eigenvalue weighted by Gasteiger charge is -2.34. The van der Waals surface area contributed by atoms with Crippen molar-refractivity contribution in [2.45, 2.75) is 24.9 Å². The first-order valence-corrected chi connectivity index (χ1v) is 12.8. The summed E-state index contributed by atoms with van der Waals surface area (Å²) in [6.45, 7) is 1.38. The van der Waals surface area contributed by atoms with Crippen molar-refractivity contribution in [1.29, 1.82) is 0 Å². The number of rotatable bonds is 5. The minimum absolute atomic E-state index is 0.0408. The third kappa shape index (κ3) is 4.35. The molecule has 1 aromatic heterocycles. The van der Waals surface area contributed by atoms with Gasteiger partial charge in [0.1, 0.15) is 28.7 Å². The number of hydrogen-bond acceptors (Lipinski definition) is 7. The lowest BCUT2D eigenvalue weighted by atomic mass is 10.0. The van der Waals surface area contributed by atoms with Gasteiger partial charge in [0.2, 0.25) is 0 Å². The zero-order valence-corrected chi connectivity index (χ0v) is 21.6. The molecule has 2 aliphatic heterocycles. The molecule has 10 heteroatoms. The number of fused-ring (bicyclic) bond motifs is 3. The van der Waals surface area contributed by atoms with Crippen molar-refractivity contribution in [2.75, 3.05) is 37.0 Å². The molecule has 0 aliphatic carbocycles. The van der Waals surface area contributed by atoms with Crippen molar-refractivity contribution in [2.24, 2.45) is 0 Å². The molecule has 0 amide bonds. The zero-order chi connectivity index (χ0) is 26.6. The number of piperazine rings is 1. The second-order valence-corrected chi connectivity index (χ2v) is 10.3. The monoisotopic (exact) mass is 537 g/mol. The summed E-state index contributed by atoms with van der Waals surface area (Å²) in [5.74, 6) is -1.09. The van der Waals surface area contributed by atoms with Gasteiger partial charge in [0.05, 0.1) is 10.6 Å². The number of nitrogens with one attached hydrogen (secondary N) is 1. The summed E-state index contributed by atoms with van der Waals surface area (Å²) in [5.41, 5.74) is 0.340. The Balaban J connectivity index is 1.52. The van der Waals surface area contributed by atoms with Crippen LogP contribution in [-0.2, 0) is 0 Å². The Morgan fingerprint density at radius 3 is 2.39 bits per heavy atom. The van der Waals surface area contributed by atoms with Gasteiger partial charge in [0.25, 0.3) is 0 Å². The molecule has 3 heterocycles. The number of benzene rings is 3. The maximum Gasteiger partial charge on any atom is 0.324 e. The second kappa shape index (κ2) is 9.56. The minimum Gasteiger partial charge on any atom is -0.507 e. The molecule has 2 fully saturated rings. The van der Waals surface area contributed by atoms with E-state index in [1.54, 1.807) is 12.1 Å². The van der Waals surface area contributed by atoms with E-state index in [-0.39, 0.29) is 27.7 Å². The van der Waals surface area contributed by atoms with E-state index in [9.17, 15) is 9.50 Å². The molecule has 7 nitrogen and oxygen atoms in total. The molecule has 2 saturated heterocycles. The van der Waals surface area contributed by atoms with Crippen molar-refractivity contribution in [1.82, 2.24) is 15.3 Å². The molecule has 6 rings (SSSR count). The van der Waals surface area contributed by atoms with Crippen LogP contribution < -0.4 is 19.9 Å². The van der Waals surface area contributed by atoms with Crippen molar-refractivity contribution in [3.8, 4) is 28.6 Å². The van der Waals surface area contributed by atoms with Gasteiger partial charge >= 0.3 is 6.01 Å². The summed E-state index contributed by atoms with van der Waals surface area (Å²) in [5, 5.41) is 14.3. The van der Waals surface area contributed by atoms with E-state index >= 15 is 4.39 Å². The molecule has 0 radical (unpaired) electrons. The molecule has 196 valence electrons. The molecule has 2 bridgehead atoms. The fourth-order valence-corrected chi connectivity index (χ4v) is 5.61. The van der Waals surface area contributed by atoms with Gasteiger partial charge in [-0.15, -0.1) is 0 Å². The van der Waals surface area contributed by atoms with E-state index in [1.165, 1.54) is 18.2 Å². The molecular weight excluding hydrogens is 512 g/mol. The van der Waals surface area contributed by atoms with Crippen LogP contribution in [0.1, 0.15) is 12.8 Å². The number of aromatic nitrogens is 2. The van der Waals surface area contributed by atoms with Crippen LogP contribution in [0.2, 0.25) is 5.02 Å². The van der Waals surface area contributed by atoms with Gasteiger partial charge in [0.15, 0.2) is 5.82 Å². The average Bonchev–Trinajstić information content (AvgIpc) is 3.23. The summed E-state index contributed by atoms with van der Waals surface area (Å²) in [6.07, 6.45) is 2.11. The highest BCUT2D eigenvalue weighted by atomic mass is 35.5. The Bertz CT molecular complexity index is 1500. The molecule has 38 heavy (non-hydrogen) atoms. The summed E-state index contributed by atoms with van der Waals surface area (Å²) < 4.78 is 37.0. The lowest BCUT2D eigenvalue weighted by molar-refractivity contribution is 0.437. The van der Waals surface area contributed by atoms with Gasteiger partial charge in [-0.05, 0) is 55.3 Å². The number of phenols is 1. The molecular formula is C28H26ClF2N5O2. The van der Waals surface area contributed by atoms with E-state index in [2.05, 4.69) is 15.2 Å². The highest BCUT2D eigenvalue weighted by molar-refractivity contribution is 6.34. The highest BCUT2D eigenvalue weighted by Crippen LogP contribution is 2.43. The molecule has 3 aromatic carbocycles. The van der Waals surface area contributed by atoms with Crippen LogP contribution in [0.25, 0.3) is 22.0 Å². The normalized spacial score (nSPS) is 18.7. The molecule has 0 unspecified atom stereocenters. The second-order valence-electron chi connectivity index (χ2n) is 9.94. The largest absolute Gasteiger partial charge is 0.507 e. The van der Waals surface area contributed by atoms with Crippen molar-refractivity contribution in [3.05, 3.63) is 65.2 Å². The molecule has 2 atom stereocenters. The van der Waals surface area contributed by atoms with Gasteiger partial charge in [0, 0.05) is 55.9 Å². The predicted octanol–water partition coefficient (Wildman–Crippen LogP) is 5.73. The van der Waals surface area contributed by atoms with Gasteiger partial charge in [-0.1, -0.05) is 17.7 Å². The Morgan fingerprint density at radius 1 is 1.03 bits per heavy atom. The van der Waals surface area contributed by atoms with E-state index in [0.29, 0.717) is 42.1 Å². The minimum atomic E-state index is -0.859. The Morgan fingerprint density at radius 2 is 1.74 bits per heavy atom. The summed E-state index contributed by atoms with van der Waals surface area (Å²) >= 11 is 6.54. The number of halogens is 3. The third-order valence-electron chi connectivity index (χ3n) is 7.16. The van der Waals surface area contributed by atoms with Crippen LogP contribution in [0.4, 0.5) is 20.3 Å². The van der Waals surface area contributed by atoms with Crippen LogP contribution in [-0.4, -0.2) is 54.3 Å². The fourth-order valence-electron chi connectivity index (χ4n) is 5.32. The van der Waals surface area contributed by atoms with Crippen LogP contribution in [0.5, 0.6) is 17.5 Å². The van der Waals surface area contributed by atoms with Gasteiger partial charge in [-0.3, -0.25) is 0 Å². The number of nitrogens with zero attached hydrogens (tertiary/aromatic N) is 4. The van der Waals surface area contributed by atoms with E-state index in [4.69, 9.17) is 21.3 Å². The SMILES string of the molecule is CN(C)c1ccc(Oc2nc(N3C[C@H]4CC[C@@H](C3)N4)c3cc(Cl)c(-c4c(O)cccc4F)c(F)c3n2)cc1. The van der Waals surface area contributed by atoms with Crippen molar-refractivity contribution in [3.63, 3.8) is 0 Å². The first-order chi connectivity index (χ1) is 18.3. The zero-order valence-electron chi connectivity index (χ0n) is 20.9. The average molecular weight is 538 g/mol. The van der Waals surface area contributed by atoms with Crippen LogP contribution in [0.15, 0.2) is 48.5 Å². The number of hydrogen-bond donors (Lipinski definition) is 2. The number of ether oxygens (including phenoxy) is 1. The molecule has 2 N–H and O–H groups in total. The number of aromatic hydroxyl groups is 1. The maximum atomic E-state index is 16.2. The molecule has 4 aromatic rings. The molecule has 0 saturated carbocycles. The lowest BCUT2D eigenvalue weighted by Crippen LogP contribution is -2.51. The Kier molecular flexibility index (Phi) is 6.20. The van der Waals surface area contributed by atoms with Gasteiger partial charge in [-0.2, -0.15) is 9.97 Å². The third-order valence-corrected chi connectivity index (χ3v) is 7.46. The fraction of sp³-hybridized carbons (Fsp3) is 0.286.